The number of unbranched alkanes of at least 4 members (excludes halogenated alkanes) is 6. The minimum atomic E-state index is 0.0530. The maximum absolute atomic E-state index is 12.5. The number of rotatable bonds is 13. The summed E-state index contributed by atoms with van der Waals surface area (Å²) in [7, 11) is 0. The molecule has 4 rings (SSSR count). The Bertz CT molecular complexity index is 767. The molecule has 4 aliphatic carbocycles. The van der Waals surface area contributed by atoms with Crippen LogP contribution in [0.3, 0.4) is 0 Å². The first-order valence-electron chi connectivity index (χ1n) is 16.7. The molecule has 3 saturated carbocycles. The highest BCUT2D eigenvalue weighted by atomic mass is 16.5. The van der Waals surface area contributed by atoms with Crippen LogP contribution in [0.1, 0.15) is 157 Å². The Hall–Kier alpha value is -0.790. The van der Waals surface area contributed by atoms with Crippen molar-refractivity contribution in [2.75, 3.05) is 0 Å². The Morgan fingerprint density at radius 2 is 1.73 bits per heavy atom. The molecule has 0 spiro atoms. The summed E-state index contributed by atoms with van der Waals surface area (Å²) in [6, 6.07) is 0. The lowest BCUT2D eigenvalue weighted by Gasteiger charge is -2.58. The molecule has 0 radical (unpaired) electrons. The molecule has 2 heteroatoms. The fourth-order valence-electron chi connectivity index (χ4n) is 9.55. The maximum Gasteiger partial charge on any atom is 0.306 e. The first-order valence-corrected chi connectivity index (χ1v) is 16.7. The monoisotopic (exact) mass is 512 g/mol. The van der Waals surface area contributed by atoms with Gasteiger partial charge in [0.15, 0.2) is 0 Å². The van der Waals surface area contributed by atoms with Gasteiger partial charge in [0, 0.05) is 12.8 Å². The van der Waals surface area contributed by atoms with Crippen molar-refractivity contribution in [1.29, 1.82) is 0 Å². The molecular weight excluding hydrogens is 452 g/mol. The van der Waals surface area contributed by atoms with Crippen molar-refractivity contribution < 1.29 is 9.53 Å². The van der Waals surface area contributed by atoms with E-state index in [2.05, 4.69) is 40.7 Å². The van der Waals surface area contributed by atoms with E-state index in [-0.39, 0.29) is 12.1 Å². The van der Waals surface area contributed by atoms with Crippen LogP contribution in [-0.2, 0) is 9.53 Å². The summed E-state index contributed by atoms with van der Waals surface area (Å²) in [6.07, 6.45) is 26.9. The second-order valence-electron chi connectivity index (χ2n) is 14.6. The lowest BCUT2D eigenvalue weighted by Crippen LogP contribution is -2.50. The molecule has 0 aromatic heterocycles. The molecule has 0 amide bonds. The van der Waals surface area contributed by atoms with E-state index in [1.54, 1.807) is 5.57 Å². The molecule has 37 heavy (non-hydrogen) atoms. The van der Waals surface area contributed by atoms with Gasteiger partial charge in [-0.05, 0) is 98.2 Å². The van der Waals surface area contributed by atoms with Crippen molar-refractivity contribution in [2.24, 2.45) is 40.4 Å². The summed E-state index contributed by atoms with van der Waals surface area (Å²) < 4.78 is 6.03. The highest BCUT2D eigenvalue weighted by Crippen LogP contribution is 2.66. The highest BCUT2D eigenvalue weighted by Gasteiger charge is 2.58. The molecule has 0 heterocycles. The Kier molecular flexibility index (Phi) is 10.3. The van der Waals surface area contributed by atoms with Crippen LogP contribution in [0.15, 0.2) is 11.6 Å². The van der Waals surface area contributed by atoms with Gasteiger partial charge in [0.2, 0.25) is 0 Å². The summed E-state index contributed by atoms with van der Waals surface area (Å²) >= 11 is 0. The minimum absolute atomic E-state index is 0.0530. The SMILES string of the molecule is CCCCCCCCC(=O)OC1CCC2(C)C(=CCC3C2CCC2(C)C(CCCCC(C)C)CCC32)C1. The van der Waals surface area contributed by atoms with Gasteiger partial charge < -0.3 is 4.74 Å². The van der Waals surface area contributed by atoms with E-state index in [0.717, 1.165) is 48.9 Å². The second-order valence-corrected chi connectivity index (χ2v) is 14.6. The molecule has 7 unspecified atom stereocenters. The summed E-state index contributed by atoms with van der Waals surface area (Å²) in [6.45, 7) is 12.3. The smallest absolute Gasteiger partial charge is 0.306 e. The van der Waals surface area contributed by atoms with E-state index < -0.39 is 0 Å². The number of hydrogen-bond donors (Lipinski definition) is 0. The minimum Gasteiger partial charge on any atom is -0.462 e. The Balaban J connectivity index is 1.29. The molecular formula is C35H60O2. The van der Waals surface area contributed by atoms with Gasteiger partial charge in [-0.25, -0.2) is 0 Å². The van der Waals surface area contributed by atoms with E-state index in [4.69, 9.17) is 4.74 Å². The first kappa shape index (κ1) is 29.2. The Labute approximate surface area is 230 Å². The van der Waals surface area contributed by atoms with Crippen LogP contribution in [0.5, 0.6) is 0 Å². The fourth-order valence-corrected chi connectivity index (χ4v) is 9.55. The van der Waals surface area contributed by atoms with Gasteiger partial charge in [-0.15, -0.1) is 0 Å². The van der Waals surface area contributed by atoms with Crippen molar-refractivity contribution in [3.63, 3.8) is 0 Å². The van der Waals surface area contributed by atoms with Crippen molar-refractivity contribution >= 4 is 5.97 Å². The number of carbonyl (C=O) groups excluding carboxylic acids is 1. The quantitative estimate of drug-likeness (QED) is 0.139. The molecule has 4 aliphatic rings. The van der Waals surface area contributed by atoms with Gasteiger partial charge in [-0.2, -0.15) is 0 Å². The predicted octanol–water partition coefficient (Wildman–Crippen LogP) is 10.4. The third kappa shape index (κ3) is 6.69. The van der Waals surface area contributed by atoms with E-state index >= 15 is 0 Å². The number of allylic oxidation sites excluding steroid dienone is 1. The van der Waals surface area contributed by atoms with Gasteiger partial charge in [-0.1, -0.05) is 97.6 Å². The van der Waals surface area contributed by atoms with Crippen LogP contribution >= 0.6 is 0 Å². The van der Waals surface area contributed by atoms with Gasteiger partial charge in [0.1, 0.15) is 6.10 Å². The van der Waals surface area contributed by atoms with E-state index in [0.29, 0.717) is 17.3 Å². The number of hydrogen-bond acceptors (Lipinski definition) is 2. The van der Waals surface area contributed by atoms with Crippen LogP contribution in [0.4, 0.5) is 0 Å². The standard InChI is InChI=1S/C35H60O2/c1-6-7-8-9-10-11-16-33(36)37-29-21-23-35(5)28(25-29)17-19-30-31-20-18-27(15-13-12-14-26(2)3)34(31,4)24-22-32(30)35/h17,26-27,29-32H,6-16,18-25H2,1-5H3. The number of carbonyl (C=O) groups is 1. The molecule has 7 atom stereocenters. The Morgan fingerprint density at radius 1 is 0.946 bits per heavy atom. The topological polar surface area (TPSA) is 26.3 Å². The largest absolute Gasteiger partial charge is 0.462 e. The molecule has 3 fully saturated rings. The highest BCUT2D eigenvalue weighted by molar-refractivity contribution is 5.69. The molecule has 0 bridgehead atoms. The van der Waals surface area contributed by atoms with Gasteiger partial charge in [-0.3, -0.25) is 4.79 Å². The molecule has 0 saturated heterocycles. The van der Waals surface area contributed by atoms with Crippen molar-refractivity contribution in [2.45, 2.75) is 163 Å². The zero-order chi connectivity index (χ0) is 26.5. The van der Waals surface area contributed by atoms with Crippen LogP contribution in [-0.4, -0.2) is 12.1 Å². The van der Waals surface area contributed by atoms with Crippen LogP contribution < -0.4 is 0 Å². The maximum atomic E-state index is 12.5. The number of esters is 1. The first-order chi connectivity index (χ1) is 17.8. The molecule has 2 nitrogen and oxygen atoms in total. The second kappa shape index (κ2) is 13.0. The van der Waals surface area contributed by atoms with Gasteiger partial charge in [0.25, 0.3) is 0 Å². The zero-order valence-electron chi connectivity index (χ0n) is 25.3. The molecule has 0 aromatic rings. The van der Waals surface area contributed by atoms with E-state index in [9.17, 15) is 4.79 Å². The van der Waals surface area contributed by atoms with Crippen LogP contribution in [0.2, 0.25) is 0 Å². The summed E-state index contributed by atoms with van der Waals surface area (Å²) in [5, 5.41) is 0. The molecule has 212 valence electrons. The van der Waals surface area contributed by atoms with Crippen molar-refractivity contribution in [1.82, 2.24) is 0 Å². The van der Waals surface area contributed by atoms with Gasteiger partial charge in [0.05, 0.1) is 0 Å². The predicted molar refractivity (Wildman–Crippen MR) is 156 cm³/mol. The summed E-state index contributed by atoms with van der Waals surface area (Å²) in [5.41, 5.74) is 2.58. The third-order valence-corrected chi connectivity index (χ3v) is 11.9. The average Bonchev–Trinajstić information content (AvgIpc) is 3.20. The van der Waals surface area contributed by atoms with Crippen LogP contribution in [0.25, 0.3) is 0 Å². The fraction of sp³-hybridized carbons (Fsp3) is 0.914. The Morgan fingerprint density at radius 3 is 2.51 bits per heavy atom. The molecule has 0 aromatic carbocycles. The number of fused-ring (bicyclic) bond motifs is 5. The lowest BCUT2D eigenvalue weighted by atomic mass is 9.47. The van der Waals surface area contributed by atoms with E-state index in [1.807, 2.05) is 0 Å². The summed E-state index contributed by atoms with van der Waals surface area (Å²) in [4.78, 5) is 12.5. The summed E-state index contributed by atoms with van der Waals surface area (Å²) in [5.74, 6) is 4.54. The average molecular weight is 513 g/mol. The van der Waals surface area contributed by atoms with Gasteiger partial charge >= 0.3 is 5.97 Å². The van der Waals surface area contributed by atoms with Crippen LogP contribution in [0, 0.1) is 40.4 Å². The molecule has 0 aliphatic heterocycles. The van der Waals surface area contributed by atoms with E-state index in [1.165, 1.54) is 96.3 Å². The number of ether oxygens (including phenoxy) is 1. The molecule has 0 N–H and O–H groups in total. The third-order valence-electron chi connectivity index (χ3n) is 11.9. The lowest BCUT2D eigenvalue weighted by molar-refractivity contribution is -0.151. The van der Waals surface area contributed by atoms with Crippen molar-refractivity contribution in [3.8, 4) is 0 Å². The zero-order valence-corrected chi connectivity index (χ0v) is 25.3. The van der Waals surface area contributed by atoms with Crippen molar-refractivity contribution in [3.05, 3.63) is 11.6 Å². The normalized spacial score (nSPS) is 37.0.